The van der Waals surface area contributed by atoms with Gasteiger partial charge in [0.2, 0.25) is 0 Å². The van der Waals surface area contributed by atoms with E-state index in [9.17, 15) is 19.5 Å². The van der Waals surface area contributed by atoms with Gasteiger partial charge in [-0.1, -0.05) is 12.7 Å². The summed E-state index contributed by atoms with van der Waals surface area (Å²) in [6, 6.07) is 5.12. The van der Waals surface area contributed by atoms with Crippen LogP contribution < -0.4 is 14.6 Å². The van der Waals surface area contributed by atoms with Gasteiger partial charge in [-0.15, -0.1) is 0 Å². The molecule has 0 unspecified atom stereocenters. The van der Waals surface area contributed by atoms with E-state index in [0.717, 1.165) is 5.56 Å². The number of methoxy groups -OCH3 is 1. The summed E-state index contributed by atoms with van der Waals surface area (Å²) in [6.07, 6.45) is 1.64. The van der Waals surface area contributed by atoms with Crippen molar-refractivity contribution in [3.8, 4) is 11.5 Å². The average molecular weight is 903 g/mol. The molecule has 8 nitrogen and oxygen atoms in total. The number of carboxylic acid groups (broad SMARTS) is 1. The van der Waals surface area contributed by atoms with Crippen molar-refractivity contribution < 1.29 is 38.4 Å². The van der Waals surface area contributed by atoms with E-state index >= 15 is 0 Å². The molecule has 0 saturated carbocycles. The fraction of sp³-hybridized carbons (Fsp3) is 0.190. The van der Waals surface area contributed by atoms with Crippen molar-refractivity contribution in [1.29, 1.82) is 0 Å². The van der Waals surface area contributed by atoms with Gasteiger partial charge < -0.3 is 28.8 Å². The first-order chi connectivity index (χ1) is 15.6. The zero-order chi connectivity index (χ0) is 24.7. The summed E-state index contributed by atoms with van der Waals surface area (Å²) >= 11 is 7.87. The average Bonchev–Trinajstić information content (AvgIpc) is 2.75. The summed E-state index contributed by atoms with van der Waals surface area (Å²) in [7, 11) is 1.45. The SMILES string of the molecule is C=Cc1cc(I)c(C(=O)OCCOC(=O)c2c(I)cc(I)c(OCC(=O)[O-])c2I)c(OC)c1. The van der Waals surface area contributed by atoms with Crippen LogP contribution in [0.15, 0.2) is 24.8 Å². The minimum atomic E-state index is -1.38. The van der Waals surface area contributed by atoms with E-state index in [1.54, 1.807) is 24.3 Å². The molecule has 0 amide bonds. The van der Waals surface area contributed by atoms with Crippen molar-refractivity contribution >= 4 is 114 Å². The summed E-state index contributed by atoms with van der Waals surface area (Å²) in [5, 5.41) is 10.7. The van der Waals surface area contributed by atoms with E-state index in [4.69, 9.17) is 18.9 Å². The molecule has 176 valence electrons. The van der Waals surface area contributed by atoms with Crippen LogP contribution in [-0.4, -0.2) is 44.8 Å². The van der Waals surface area contributed by atoms with Crippen LogP contribution in [0.1, 0.15) is 26.3 Å². The smallest absolute Gasteiger partial charge is 0.343 e. The van der Waals surface area contributed by atoms with E-state index < -0.39 is 24.5 Å². The molecule has 0 fully saturated rings. The van der Waals surface area contributed by atoms with Gasteiger partial charge in [0.15, 0.2) is 0 Å². The predicted octanol–water partition coefficient (Wildman–Crippen LogP) is 3.90. The Morgan fingerprint density at radius 3 is 2.06 bits per heavy atom. The lowest BCUT2D eigenvalue weighted by molar-refractivity contribution is -0.307. The van der Waals surface area contributed by atoms with Crippen LogP contribution in [0, 0.1) is 14.3 Å². The summed E-state index contributed by atoms with van der Waals surface area (Å²) in [4.78, 5) is 35.9. The number of benzene rings is 2. The fourth-order valence-corrected chi connectivity index (χ4v) is 7.48. The number of hydrogen-bond acceptors (Lipinski definition) is 8. The topological polar surface area (TPSA) is 111 Å². The summed E-state index contributed by atoms with van der Waals surface area (Å²) < 4.78 is 23.3. The van der Waals surface area contributed by atoms with Crippen LogP contribution >= 0.6 is 90.4 Å². The van der Waals surface area contributed by atoms with E-state index in [1.165, 1.54) is 7.11 Å². The minimum Gasteiger partial charge on any atom is -0.546 e. The number of halogens is 4. The standard InChI is InChI=1S/C21H16I4O8/c1-3-10-6-11(22)16(14(7-10)30-2)20(28)31-4-5-32-21(29)17-12(23)8-13(24)19(18(17)25)33-9-15(26)27/h3,6-8H,1,4-5,9H2,2H3,(H,26,27)/p-1. The molecule has 0 aromatic heterocycles. The fourth-order valence-electron chi connectivity index (χ4n) is 2.51. The molecule has 0 bridgehead atoms. The van der Waals surface area contributed by atoms with Crippen molar-refractivity contribution in [2.45, 2.75) is 0 Å². The highest BCUT2D eigenvalue weighted by Crippen LogP contribution is 2.34. The highest BCUT2D eigenvalue weighted by molar-refractivity contribution is 14.1. The minimum absolute atomic E-state index is 0.168. The number of carboxylic acids is 1. The Bertz CT molecular complexity index is 1100. The number of carbonyl (C=O) groups excluding carboxylic acids is 3. The first-order valence-corrected chi connectivity index (χ1v) is 13.3. The Morgan fingerprint density at radius 1 is 0.939 bits per heavy atom. The zero-order valence-electron chi connectivity index (χ0n) is 16.9. The van der Waals surface area contributed by atoms with Gasteiger partial charge in [0, 0.05) is 7.14 Å². The highest BCUT2D eigenvalue weighted by Gasteiger charge is 2.23. The lowest BCUT2D eigenvalue weighted by Gasteiger charge is -2.15. The third-order valence-electron chi connectivity index (χ3n) is 3.95. The first-order valence-electron chi connectivity index (χ1n) is 8.95. The Kier molecular flexibility index (Phi) is 11.4. The van der Waals surface area contributed by atoms with Crippen LogP contribution in [0.5, 0.6) is 11.5 Å². The van der Waals surface area contributed by atoms with Gasteiger partial charge in [-0.05, 0) is 114 Å². The maximum atomic E-state index is 12.6. The molecule has 2 aromatic carbocycles. The second kappa shape index (κ2) is 13.3. The van der Waals surface area contributed by atoms with Crippen LogP contribution in [-0.2, 0) is 14.3 Å². The van der Waals surface area contributed by atoms with Gasteiger partial charge in [-0.2, -0.15) is 0 Å². The molecular weight excluding hydrogens is 888 g/mol. The second-order valence-corrected chi connectivity index (χ2v) is 10.6. The van der Waals surface area contributed by atoms with Gasteiger partial charge in [0.1, 0.15) is 36.9 Å². The molecule has 0 aliphatic heterocycles. The van der Waals surface area contributed by atoms with Crippen LogP contribution in [0.4, 0.5) is 0 Å². The van der Waals surface area contributed by atoms with Gasteiger partial charge >= 0.3 is 11.9 Å². The number of rotatable bonds is 10. The second-order valence-electron chi connectivity index (χ2n) is 6.07. The zero-order valence-corrected chi connectivity index (χ0v) is 25.5. The van der Waals surface area contributed by atoms with E-state index in [2.05, 4.69) is 6.58 Å². The quantitative estimate of drug-likeness (QED) is 0.201. The van der Waals surface area contributed by atoms with Crippen molar-refractivity contribution in [2.24, 2.45) is 0 Å². The third-order valence-corrected chi connectivity index (χ3v) is 7.48. The maximum Gasteiger partial charge on any atom is 0.343 e. The van der Waals surface area contributed by atoms with Crippen molar-refractivity contribution in [3.05, 3.63) is 55.7 Å². The van der Waals surface area contributed by atoms with Gasteiger partial charge in [-0.3, -0.25) is 0 Å². The Balaban J connectivity index is 2.05. The van der Waals surface area contributed by atoms with Crippen molar-refractivity contribution in [1.82, 2.24) is 0 Å². The molecule has 0 atom stereocenters. The maximum absolute atomic E-state index is 12.6. The first kappa shape index (κ1) is 28.3. The monoisotopic (exact) mass is 903 g/mol. The Labute approximate surface area is 244 Å². The number of carbonyl (C=O) groups is 3. The van der Waals surface area contributed by atoms with Gasteiger partial charge in [0.25, 0.3) is 0 Å². The van der Waals surface area contributed by atoms with Crippen LogP contribution in [0.2, 0.25) is 0 Å². The number of hydrogen-bond donors (Lipinski definition) is 0. The van der Waals surface area contributed by atoms with Crippen LogP contribution in [0.25, 0.3) is 6.08 Å². The molecule has 0 N–H and O–H groups in total. The molecule has 0 aliphatic carbocycles. The molecule has 0 radical (unpaired) electrons. The summed E-state index contributed by atoms with van der Waals surface area (Å²) in [6.45, 7) is 2.71. The lowest BCUT2D eigenvalue weighted by atomic mass is 10.1. The largest absolute Gasteiger partial charge is 0.546 e. The molecule has 0 spiro atoms. The Morgan fingerprint density at radius 2 is 1.52 bits per heavy atom. The summed E-state index contributed by atoms with van der Waals surface area (Å²) in [5.74, 6) is -2.04. The highest BCUT2D eigenvalue weighted by atomic mass is 127. The lowest BCUT2D eigenvalue weighted by Crippen LogP contribution is -2.29. The van der Waals surface area contributed by atoms with Crippen molar-refractivity contribution in [2.75, 3.05) is 26.9 Å². The normalized spacial score (nSPS) is 10.3. The Hall–Kier alpha value is -0.890. The van der Waals surface area contributed by atoms with Crippen LogP contribution in [0.3, 0.4) is 0 Å². The van der Waals surface area contributed by atoms with E-state index in [1.807, 2.05) is 90.4 Å². The molecule has 12 heteroatoms. The molecule has 33 heavy (non-hydrogen) atoms. The predicted molar refractivity (Wildman–Crippen MR) is 151 cm³/mol. The number of aliphatic carboxylic acids is 1. The van der Waals surface area contributed by atoms with Crippen molar-refractivity contribution in [3.63, 3.8) is 0 Å². The molecule has 2 aromatic rings. The van der Waals surface area contributed by atoms with Gasteiger partial charge in [-0.25, -0.2) is 9.59 Å². The molecule has 2 rings (SSSR count). The van der Waals surface area contributed by atoms with E-state index in [-0.39, 0.29) is 30.1 Å². The molecule has 0 saturated heterocycles. The van der Waals surface area contributed by atoms with E-state index in [0.29, 0.717) is 20.0 Å². The third kappa shape index (κ3) is 7.55. The number of ether oxygens (including phenoxy) is 4. The van der Waals surface area contributed by atoms with Gasteiger partial charge in [0.05, 0.1) is 25.8 Å². The molecular formula is C21H15I4O8-. The summed E-state index contributed by atoms with van der Waals surface area (Å²) in [5.41, 5.74) is 1.30. The molecule has 0 aliphatic rings. The number of esters is 2. The molecule has 0 heterocycles.